The maximum absolute atomic E-state index is 13.7. The van der Waals surface area contributed by atoms with E-state index in [1.54, 1.807) is 6.07 Å². The van der Waals surface area contributed by atoms with Gasteiger partial charge in [-0.05, 0) is 23.8 Å². The highest BCUT2D eigenvalue weighted by molar-refractivity contribution is 6.31. The number of benzene rings is 2. The standard InChI is InChI=1S/C16H12ClFO2/c17-12-5-3-6-13(18)11(12)9-14(19)16-8-10-4-1-2-7-15(10)20-16/h1-7,16H,8-9H2. The van der Waals surface area contributed by atoms with Crippen molar-refractivity contribution in [1.82, 2.24) is 0 Å². The molecule has 0 aliphatic carbocycles. The monoisotopic (exact) mass is 290 g/mol. The molecule has 0 amide bonds. The lowest BCUT2D eigenvalue weighted by molar-refractivity contribution is -0.124. The van der Waals surface area contributed by atoms with Crippen LogP contribution in [0.5, 0.6) is 5.75 Å². The molecule has 4 heteroatoms. The lowest BCUT2D eigenvalue weighted by Crippen LogP contribution is -2.27. The van der Waals surface area contributed by atoms with Crippen molar-refractivity contribution in [1.29, 1.82) is 0 Å². The molecule has 1 heterocycles. The number of ether oxygens (including phenoxy) is 1. The molecule has 1 atom stereocenters. The molecule has 0 aromatic heterocycles. The lowest BCUT2D eigenvalue weighted by Gasteiger charge is -2.11. The summed E-state index contributed by atoms with van der Waals surface area (Å²) < 4.78 is 19.3. The molecule has 0 saturated heterocycles. The zero-order chi connectivity index (χ0) is 14.1. The minimum absolute atomic E-state index is 0.0514. The predicted octanol–water partition coefficient (Wildman–Crippen LogP) is 3.59. The summed E-state index contributed by atoms with van der Waals surface area (Å²) in [5.74, 6) is 0.111. The van der Waals surface area contributed by atoms with Crippen LogP contribution in [0.4, 0.5) is 4.39 Å². The molecule has 0 fully saturated rings. The molecule has 20 heavy (non-hydrogen) atoms. The van der Waals surface area contributed by atoms with Crippen LogP contribution in [-0.2, 0) is 17.6 Å². The SMILES string of the molecule is O=C(Cc1c(F)cccc1Cl)C1Cc2ccccc2O1. The van der Waals surface area contributed by atoms with Gasteiger partial charge in [0, 0.05) is 23.4 Å². The molecule has 2 nitrogen and oxygen atoms in total. The average molecular weight is 291 g/mol. The summed E-state index contributed by atoms with van der Waals surface area (Å²) in [6.45, 7) is 0. The summed E-state index contributed by atoms with van der Waals surface area (Å²) in [7, 11) is 0. The van der Waals surface area contributed by atoms with Crippen molar-refractivity contribution in [2.24, 2.45) is 0 Å². The molecule has 0 N–H and O–H groups in total. The Hall–Kier alpha value is -1.87. The van der Waals surface area contributed by atoms with E-state index in [1.807, 2.05) is 24.3 Å². The van der Waals surface area contributed by atoms with Crippen molar-refractivity contribution in [2.45, 2.75) is 18.9 Å². The van der Waals surface area contributed by atoms with E-state index in [-0.39, 0.29) is 22.8 Å². The van der Waals surface area contributed by atoms with Gasteiger partial charge in [0.05, 0.1) is 0 Å². The topological polar surface area (TPSA) is 26.3 Å². The molecule has 2 aromatic rings. The van der Waals surface area contributed by atoms with Crippen molar-refractivity contribution in [3.05, 3.63) is 64.4 Å². The van der Waals surface area contributed by atoms with Crippen molar-refractivity contribution in [2.75, 3.05) is 0 Å². The molecule has 0 saturated carbocycles. The van der Waals surface area contributed by atoms with Crippen LogP contribution in [-0.4, -0.2) is 11.9 Å². The summed E-state index contributed by atoms with van der Waals surface area (Å²) in [4.78, 5) is 12.2. The summed E-state index contributed by atoms with van der Waals surface area (Å²) in [6.07, 6.45) is -0.0753. The van der Waals surface area contributed by atoms with Crippen LogP contribution >= 0.6 is 11.6 Å². The maximum atomic E-state index is 13.7. The number of para-hydroxylation sites is 1. The Morgan fingerprint density at radius 1 is 1.25 bits per heavy atom. The van der Waals surface area contributed by atoms with Gasteiger partial charge in [0.25, 0.3) is 0 Å². The Labute approximate surface area is 121 Å². The summed E-state index contributed by atoms with van der Waals surface area (Å²) >= 11 is 5.94. The molecule has 1 aliphatic rings. The van der Waals surface area contributed by atoms with Gasteiger partial charge in [0.15, 0.2) is 11.9 Å². The van der Waals surface area contributed by atoms with E-state index in [0.29, 0.717) is 6.42 Å². The number of hydrogen-bond acceptors (Lipinski definition) is 2. The summed E-state index contributed by atoms with van der Waals surface area (Å²) in [5, 5.41) is 0.272. The number of rotatable bonds is 3. The van der Waals surface area contributed by atoms with Gasteiger partial charge in [-0.25, -0.2) is 4.39 Å². The van der Waals surface area contributed by atoms with Crippen LogP contribution in [0.15, 0.2) is 42.5 Å². The molecule has 0 spiro atoms. The Kier molecular flexibility index (Phi) is 3.45. The van der Waals surface area contributed by atoms with E-state index < -0.39 is 11.9 Å². The Balaban J connectivity index is 1.76. The van der Waals surface area contributed by atoms with Gasteiger partial charge < -0.3 is 4.74 Å². The largest absolute Gasteiger partial charge is 0.482 e. The van der Waals surface area contributed by atoms with Crippen molar-refractivity contribution >= 4 is 17.4 Å². The number of halogens is 2. The van der Waals surface area contributed by atoms with E-state index in [2.05, 4.69) is 0 Å². The van der Waals surface area contributed by atoms with Gasteiger partial charge in [-0.3, -0.25) is 4.79 Å². The third-order valence-corrected chi connectivity index (χ3v) is 3.77. The van der Waals surface area contributed by atoms with Gasteiger partial charge in [-0.1, -0.05) is 35.9 Å². The predicted molar refractivity (Wildman–Crippen MR) is 74.7 cm³/mol. The van der Waals surface area contributed by atoms with Crippen LogP contribution in [0.3, 0.4) is 0 Å². The third kappa shape index (κ3) is 2.41. The fourth-order valence-electron chi connectivity index (χ4n) is 2.35. The van der Waals surface area contributed by atoms with Gasteiger partial charge in [-0.2, -0.15) is 0 Å². The van der Waals surface area contributed by atoms with E-state index >= 15 is 0 Å². The first-order chi connectivity index (χ1) is 9.65. The van der Waals surface area contributed by atoms with E-state index in [9.17, 15) is 9.18 Å². The molecule has 2 aromatic carbocycles. The van der Waals surface area contributed by atoms with Gasteiger partial charge in [0.2, 0.25) is 0 Å². The number of Topliss-reactive ketones (excluding diaryl/α,β-unsaturated/α-hetero) is 1. The minimum Gasteiger partial charge on any atom is -0.482 e. The Morgan fingerprint density at radius 2 is 2.05 bits per heavy atom. The average Bonchev–Trinajstić information content (AvgIpc) is 2.87. The summed E-state index contributed by atoms with van der Waals surface area (Å²) in [5.41, 5.74) is 1.24. The molecular formula is C16H12ClFO2. The molecule has 1 aliphatic heterocycles. The fourth-order valence-corrected chi connectivity index (χ4v) is 2.58. The van der Waals surface area contributed by atoms with Gasteiger partial charge in [-0.15, -0.1) is 0 Å². The van der Waals surface area contributed by atoms with Crippen molar-refractivity contribution < 1.29 is 13.9 Å². The second-order valence-electron chi connectivity index (χ2n) is 4.76. The van der Waals surface area contributed by atoms with Crippen LogP contribution in [0.25, 0.3) is 0 Å². The third-order valence-electron chi connectivity index (χ3n) is 3.42. The molecule has 3 rings (SSSR count). The highest BCUT2D eigenvalue weighted by Crippen LogP contribution is 2.29. The highest BCUT2D eigenvalue weighted by Gasteiger charge is 2.29. The van der Waals surface area contributed by atoms with E-state index in [4.69, 9.17) is 16.3 Å². The number of ketones is 1. The zero-order valence-corrected chi connectivity index (χ0v) is 11.4. The quantitative estimate of drug-likeness (QED) is 0.863. The van der Waals surface area contributed by atoms with Crippen LogP contribution in [0, 0.1) is 5.82 Å². The number of carbonyl (C=O) groups excluding carboxylic acids is 1. The first-order valence-electron chi connectivity index (χ1n) is 6.35. The molecular weight excluding hydrogens is 279 g/mol. The van der Waals surface area contributed by atoms with E-state index in [1.165, 1.54) is 12.1 Å². The van der Waals surface area contributed by atoms with Crippen LogP contribution in [0.1, 0.15) is 11.1 Å². The number of carbonyl (C=O) groups is 1. The van der Waals surface area contributed by atoms with Crippen LogP contribution in [0.2, 0.25) is 5.02 Å². The second-order valence-corrected chi connectivity index (χ2v) is 5.17. The smallest absolute Gasteiger partial charge is 0.178 e. The zero-order valence-electron chi connectivity index (χ0n) is 10.6. The summed E-state index contributed by atoms with van der Waals surface area (Å²) in [6, 6.07) is 11.9. The Bertz CT molecular complexity index is 624. The minimum atomic E-state index is -0.553. The van der Waals surface area contributed by atoms with E-state index in [0.717, 1.165) is 11.3 Å². The van der Waals surface area contributed by atoms with Gasteiger partial charge >= 0.3 is 0 Å². The molecule has 0 radical (unpaired) electrons. The molecule has 1 unspecified atom stereocenters. The first kappa shape index (κ1) is 13.1. The first-order valence-corrected chi connectivity index (χ1v) is 6.73. The maximum Gasteiger partial charge on any atom is 0.178 e. The fraction of sp³-hybridized carbons (Fsp3) is 0.188. The normalized spacial score (nSPS) is 16.6. The van der Waals surface area contributed by atoms with Crippen molar-refractivity contribution in [3.63, 3.8) is 0 Å². The van der Waals surface area contributed by atoms with Gasteiger partial charge in [0.1, 0.15) is 11.6 Å². The highest BCUT2D eigenvalue weighted by atomic mass is 35.5. The lowest BCUT2D eigenvalue weighted by atomic mass is 10.0. The van der Waals surface area contributed by atoms with Crippen molar-refractivity contribution in [3.8, 4) is 5.75 Å². The molecule has 0 bridgehead atoms. The van der Waals surface area contributed by atoms with Crippen LogP contribution < -0.4 is 4.74 Å². The number of hydrogen-bond donors (Lipinski definition) is 0. The second kappa shape index (κ2) is 5.25. The Morgan fingerprint density at radius 3 is 2.80 bits per heavy atom. The molecule has 102 valence electrons. The number of fused-ring (bicyclic) bond motifs is 1.